The molecule has 0 radical (unpaired) electrons. The summed E-state index contributed by atoms with van der Waals surface area (Å²) in [5.41, 5.74) is 6.72. The molecule has 0 aliphatic heterocycles. The molecule has 4 nitrogen and oxygen atoms in total. The van der Waals surface area contributed by atoms with Crippen molar-refractivity contribution in [1.82, 2.24) is 0 Å². The number of halogens is 1. The first-order chi connectivity index (χ1) is 7.66. The van der Waals surface area contributed by atoms with Gasteiger partial charge in [-0.25, -0.2) is 0 Å². The lowest BCUT2D eigenvalue weighted by molar-refractivity contribution is 0.0997. The normalized spacial score (nSPS) is 10.1. The van der Waals surface area contributed by atoms with Gasteiger partial charge in [0.15, 0.2) is 11.0 Å². The van der Waals surface area contributed by atoms with Crippen molar-refractivity contribution in [3.8, 4) is 0 Å². The maximum Gasteiger partial charge on any atom is 0.291 e. The number of benzene rings is 1. The summed E-state index contributed by atoms with van der Waals surface area (Å²) in [6, 6.07) is 9.97. The number of nitrogens with one attached hydrogen (secondary N) is 1. The first kappa shape index (κ1) is 10.6. The van der Waals surface area contributed by atoms with Crippen LogP contribution in [0.1, 0.15) is 10.6 Å². The fourth-order valence-electron chi connectivity index (χ4n) is 1.23. The molecule has 0 saturated carbocycles. The van der Waals surface area contributed by atoms with Crippen LogP contribution in [0.15, 0.2) is 40.8 Å². The molecule has 0 bridgehead atoms. The number of carbonyl (C=O) groups is 1. The Morgan fingerprint density at radius 1 is 1.25 bits per heavy atom. The first-order valence-corrected chi connectivity index (χ1v) is 4.96. The van der Waals surface area contributed by atoms with E-state index in [1.807, 2.05) is 0 Å². The van der Waals surface area contributed by atoms with Gasteiger partial charge in [-0.3, -0.25) is 4.79 Å². The van der Waals surface area contributed by atoms with Crippen LogP contribution in [0.5, 0.6) is 0 Å². The first-order valence-electron chi connectivity index (χ1n) is 4.58. The largest absolute Gasteiger partial charge is 0.440 e. The van der Waals surface area contributed by atoms with Gasteiger partial charge in [0.25, 0.3) is 5.91 Å². The second-order valence-electron chi connectivity index (χ2n) is 3.15. The Morgan fingerprint density at radius 2 is 2.00 bits per heavy atom. The van der Waals surface area contributed by atoms with Gasteiger partial charge in [-0.1, -0.05) is 12.1 Å². The lowest BCUT2D eigenvalue weighted by Crippen LogP contribution is -2.12. The Labute approximate surface area is 97.0 Å². The van der Waals surface area contributed by atoms with Crippen molar-refractivity contribution in [2.45, 2.75) is 0 Å². The molecule has 82 valence electrons. The predicted molar refractivity (Wildman–Crippen MR) is 62.5 cm³/mol. The fourth-order valence-corrected chi connectivity index (χ4v) is 1.38. The lowest BCUT2D eigenvalue weighted by Gasteiger charge is -2.05. The number of carbonyl (C=O) groups excluding carboxylic acids is 1. The topological polar surface area (TPSA) is 68.3 Å². The van der Waals surface area contributed by atoms with E-state index in [9.17, 15) is 4.79 Å². The van der Waals surface area contributed by atoms with Crippen LogP contribution >= 0.6 is 11.6 Å². The second kappa shape index (κ2) is 4.28. The van der Waals surface area contributed by atoms with Crippen LogP contribution in [-0.2, 0) is 0 Å². The molecule has 1 aromatic heterocycles. The van der Waals surface area contributed by atoms with E-state index < -0.39 is 0 Å². The van der Waals surface area contributed by atoms with Gasteiger partial charge in [-0.15, -0.1) is 0 Å². The molecule has 3 N–H and O–H groups in total. The zero-order chi connectivity index (χ0) is 11.5. The molecule has 0 unspecified atom stereocenters. The number of amides is 1. The highest BCUT2D eigenvalue weighted by Gasteiger charge is 2.11. The summed E-state index contributed by atoms with van der Waals surface area (Å²) in [7, 11) is 0. The molecule has 1 heterocycles. The Balaban J connectivity index is 2.17. The summed E-state index contributed by atoms with van der Waals surface area (Å²) in [6.07, 6.45) is 0. The smallest absolute Gasteiger partial charge is 0.291 e. The fraction of sp³-hybridized carbons (Fsp3) is 0. The molecule has 16 heavy (non-hydrogen) atoms. The van der Waals surface area contributed by atoms with E-state index in [-0.39, 0.29) is 16.9 Å². The summed E-state index contributed by atoms with van der Waals surface area (Å²) >= 11 is 5.57. The molecule has 0 spiro atoms. The Bertz CT molecular complexity index is 522. The van der Waals surface area contributed by atoms with Gasteiger partial charge < -0.3 is 15.5 Å². The van der Waals surface area contributed by atoms with Gasteiger partial charge in [0.2, 0.25) is 0 Å². The second-order valence-corrected chi connectivity index (χ2v) is 3.52. The van der Waals surface area contributed by atoms with Gasteiger partial charge >= 0.3 is 0 Å². The number of rotatable bonds is 2. The summed E-state index contributed by atoms with van der Waals surface area (Å²) in [5, 5.41) is 2.80. The van der Waals surface area contributed by atoms with Crippen LogP contribution in [0.3, 0.4) is 0 Å². The van der Waals surface area contributed by atoms with Crippen molar-refractivity contribution < 1.29 is 9.21 Å². The molecule has 0 aliphatic rings. The molecule has 0 atom stereocenters. The summed E-state index contributed by atoms with van der Waals surface area (Å²) in [4.78, 5) is 11.7. The van der Waals surface area contributed by atoms with Crippen molar-refractivity contribution in [3.05, 3.63) is 47.4 Å². The van der Waals surface area contributed by atoms with Crippen molar-refractivity contribution in [2.24, 2.45) is 0 Å². The average molecular weight is 237 g/mol. The van der Waals surface area contributed by atoms with E-state index in [1.54, 1.807) is 24.3 Å². The van der Waals surface area contributed by atoms with Crippen LogP contribution in [-0.4, -0.2) is 5.91 Å². The number of hydrogen-bond donors (Lipinski definition) is 2. The zero-order valence-corrected chi connectivity index (χ0v) is 8.99. The molecular weight excluding hydrogens is 228 g/mol. The van der Waals surface area contributed by atoms with Gasteiger partial charge in [-0.05, 0) is 35.9 Å². The van der Waals surface area contributed by atoms with E-state index >= 15 is 0 Å². The molecule has 5 heteroatoms. The number of para-hydroxylation sites is 2. The molecule has 0 aliphatic carbocycles. The third-order valence-electron chi connectivity index (χ3n) is 2.01. The van der Waals surface area contributed by atoms with Crippen LogP contribution in [0, 0.1) is 0 Å². The minimum atomic E-state index is -0.384. The number of hydrogen-bond acceptors (Lipinski definition) is 3. The maximum atomic E-state index is 11.7. The van der Waals surface area contributed by atoms with E-state index in [4.69, 9.17) is 21.8 Å². The highest BCUT2D eigenvalue weighted by Crippen LogP contribution is 2.19. The third-order valence-corrected chi connectivity index (χ3v) is 2.21. The average Bonchev–Trinajstić information content (AvgIpc) is 2.68. The van der Waals surface area contributed by atoms with E-state index in [2.05, 4.69) is 5.32 Å². The minimum absolute atomic E-state index is 0.147. The van der Waals surface area contributed by atoms with Crippen molar-refractivity contribution in [1.29, 1.82) is 0 Å². The SMILES string of the molecule is Nc1ccccc1NC(=O)c1ccc(Cl)o1. The molecule has 2 aromatic rings. The Hall–Kier alpha value is -1.94. The van der Waals surface area contributed by atoms with Crippen LogP contribution < -0.4 is 11.1 Å². The van der Waals surface area contributed by atoms with Crippen LogP contribution in [0.4, 0.5) is 11.4 Å². The predicted octanol–water partition coefficient (Wildman–Crippen LogP) is 2.77. The number of nitrogens with two attached hydrogens (primary N) is 1. The van der Waals surface area contributed by atoms with Gasteiger partial charge in [-0.2, -0.15) is 0 Å². The van der Waals surface area contributed by atoms with Crippen molar-refractivity contribution in [2.75, 3.05) is 11.1 Å². The Kier molecular flexibility index (Phi) is 2.83. The molecular formula is C11H9ClN2O2. The van der Waals surface area contributed by atoms with E-state index in [0.717, 1.165) is 0 Å². The van der Waals surface area contributed by atoms with Crippen LogP contribution in [0.25, 0.3) is 0 Å². The van der Waals surface area contributed by atoms with E-state index in [1.165, 1.54) is 12.1 Å². The van der Waals surface area contributed by atoms with Gasteiger partial charge in [0.05, 0.1) is 11.4 Å². The van der Waals surface area contributed by atoms with Crippen LogP contribution in [0.2, 0.25) is 5.22 Å². The van der Waals surface area contributed by atoms with Crippen molar-refractivity contribution in [3.63, 3.8) is 0 Å². The highest BCUT2D eigenvalue weighted by atomic mass is 35.5. The van der Waals surface area contributed by atoms with E-state index in [0.29, 0.717) is 11.4 Å². The number of furan rings is 1. The number of nitrogen functional groups attached to an aromatic ring is 1. The monoisotopic (exact) mass is 236 g/mol. The highest BCUT2D eigenvalue weighted by molar-refractivity contribution is 6.29. The molecule has 0 fully saturated rings. The minimum Gasteiger partial charge on any atom is -0.440 e. The maximum absolute atomic E-state index is 11.7. The zero-order valence-electron chi connectivity index (χ0n) is 8.24. The summed E-state index contributed by atoms with van der Waals surface area (Å²) in [5.74, 6) is -0.238. The van der Waals surface area contributed by atoms with Crippen molar-refractivity contribution >= 4 is 28.9 Å². The standard InChI is InChI=1S/C11H9ClN2O2/c12-10-6-5-9(16-10)11(15)14-8-4-2-1-3-7(8)13/h1-6H,13H2,(H,14,15). The lowest BCUT2D eigenvalue weighted by atomic mass is 10.2. The third kappa shape index (κ3) is 2.17. The molecule has 1 amide bonds. The summed E-state index contributed by atoms with van der Waals surface area (Å²) < 4.78 is 4.97. The molecule has 0 saturated heterocycles. The van der Waals surface area contributed by atoms with Gasteiger partial charge in [0, 0.05) is 0 Å². The summed E-state index contributed by atoms with van der Waals surface area (Å²) in [6.45, 7) is 0. The van der Waals surface area contributed by atoms with Gasteiger partial charge in [0.1, 0.15) is 0 Å². The quantitative estimate of drug-likeness (QED) is 0.788. The molecule has 2 rings (SSSR count). The molecule has 1 aromatic carbocycles. The Morgan fingerprint density at radius 3 is 2.62 bits per heavy atom. The number of anilines is 2.